The van der Waals surface area contributed by atoms with Gasteiger partial charge in [0.15, 0.2) is 0 Å². The maximum absolute atomic E-state index is 12.3. The van der Waals surface area contributed by atoms with Gasteiger partial charge in [-0.3, -0.25) is 4.79 Å². The summed E-state index contributed by atoms with van der Waals surface area (Å²) < 4.78 is 0. The number of benzene rings is 1. The Morgan fingerprint density at radius 3 is 2.89 bits per heavy atom. The topological polar surface area (TPSA) is 41.1 Å². The number of amides is 1. The minimum atomic E-state index is -0.403. The Morgan fingerprint density at radius 2 is 2.22 bits per heavy atom. The van der Waals surface area contributed by atoms with Crippen LogP contribution in [-0.4, -0.2) is 18.0 Å². The minimum Gasteiger partial charge on any atom is -0.324 e. The predicted octanol–water partition coefficient (Wildman–Crippen LogP) is 2.72. The molecular weight excluding hydrogens is 224 g/mol. The maximum Gasteiger partial charge on any atom is 0.244 e. The van der Waals surface area contributed by atoms with Crippen LogP contribution < -0.4 is 10.6 Å². The van der Waals surface area contributed by atoms with Crippen LogP contribution in [0.3, 0.4) is 0 Å². The molecule has 1 aliphatic rings. The molecule has 3 heteroatoms. The van der Waals surface area contributed by atoms with Crippen LogP contribution in [0.25, 0.3) is 0 Å². The van der Waals surface area contributed by atoms with Gasteiger partial charge in [0, 0.05) is 5.69 Å². The van der Waals surface area contributed by atoms with E-state index in [1.165, 1.54) is 5.56 Å². The molecule has 3 nitrogen and oxygen atoms in total. The van der Waals surface area contributed by atoms with E-state index in [1.54, 1.807) is 0 Å². The lowest BCUT2D eigenvalue weighted by Gasteiger charge is -2.23. The fraction of sp³-hybridized carbons (Fsp3) is 0.533. The van der Waals surface area contributed by atoms with Gasteiger partial charge in [-0.2, -0.15) is 0 Å². The molecule has 98 valence electrons. The average Bonchev–Trinajstić information content (AvgIpc) is 2.80. The highest BCUT2D eigenvalue weighted by atomic mass is 16.2. The summed E-state index contributed by atoms with van der Waals surface area (Å²) in [4.78, 5) is 12.3. The average molecular weight is 246 g/mol. The summed E-state index contributed by atoms with van der Waals surface area (Å²) in [6.07, 6.45) is 4.07. The van der Waals surface area contributed by atoms with Gasteiger partial charge >= 0.3 is 0 Å². The van der Waals surface area contributed by atoms with E-state index in [0.29, 0.717) is 0 Å². The molecule has 0 radical (unpaired) electrons. The third kappa shape index (κ3) is 2.72. The first kappa shape index (κ1) is 13.1. The Bertz CT molecular complexity index is 422. The van der Waals surface area contributed by atoms with E-state index < -0.39 is 5.54 Å². The normalized spacial score (nSPS) is 23.0. The Hall–Kier alpha value is -1.35. The Kier molecular flexibility index (Phi) is 4.02. The van der Waals surface area contributed by atoms with Crippen LogP contribution in [0.2, 0.25) is 0 Å². The molecule has 1 heterocycles. The van der Waals surface area contributed by atoms with E-state index in [2.05, 4.69) is 23.6 Å². The van der Waals surface area contributed by atoms with Crippen molar-refractivity contribution in [3.8, 4) is 0 Å². The molecule has 1 aliphatic heterocycles. The molecule has 1 amide bonds. The first-order valence-electron chi connectivity index (χ1n) is 6.80. The first-order chi connectivity index (χ1) is 8.65. The van der Waals surface area contributed by atoms with Gasteiger partial charge in [-0.25, -0.2) is 0 Å². The summed E-state index contributed by atoms with van der Waals surface area (Å²) in [5.74, 6) is 0.0866. The maximum atomic E-state index is 12.3. The summed E-state index contributed by atoms with van der Waals surface area (Å²) >= 11 is 0. The van der Waals surface area contributed by atoms with Crippen LogP contribution in [0.15, 0.2) is 24.3 Å². The Balaban J connectivity index is 2.11. The zero-order valence-corrected chi connectivity index (χ0v) is 11.3. The molecule has 0 aliphatic carbocycles. The number of nitrogens with one attached hydrogen (secondary N) is 2. The molecule has 1 aromatic carbocycles. The van der Waals surface area contributed by atoms with Gasteiger partial charge < -0.3 is 10.6 Å². The van der Waals surface area contributed by atoms with Crippen molar-refractivity contribution in [1.82, 2.24) is 5.32 Å². The van der Waals surface area contributed by atoms with Crippen LogP contribution in [0, 0.1) is 0 Å². The van der Waals surface area contributed by atoms with Crippen LogP contribution in [0.4, 0.5) is 5.69 Å². The summed E-state index contributed by atoms with van der Waals surface area (Å²) in [5.41, 5.74) is 1.77. The number of carbonyl (C=O) groups excluding carboxylic acids is 1. The third-order valence-electron chi connectivity index (χ3n) is 3.65. The third-order valence-corrected chi connectivity index (χ3v) is 3.65. The molecule has 0 aromatic heterocycles. The molecule has 2 N–H and O–H groups in total. The summed E-state index contributed by atoms with van der Waals surface area (Å²) in [6, 6.07) is 8.07. The van der Waals surface area contributed by atoms with E-state index in [4.69, 9.17) is 0 Å². The highest BCUT2D eigenvalue weighted by Gasteiger charge is 2.35. The molecule has 1 atom stereocenters. The Labute approximate surface area is 109 Å². The first-order valence-corrected chi connectivity index (χ1v) is 6.80. The van der Waals surface area contributed by atoms with Crippen LogP contribution >= 0.6 is 0 Å². The molecule has 0 spiro atoms. The minimum absolute atomic E-state index is 0.0866. The lowest BCUT2D eigenvalue weighted by atomic mass is 9.98. The van der Waals surface area contributed by atoms with Crippen molar-refractivity contribution in [2.45, 2.75) is 45.1 Å². The Morgan fingerprint density at radius 1 is 1.44 bits per heavy atom. The second-order valence-electron chi connectivity index (χ2n) is 5.22. The van der Waals surface area contributed by atoms with E-state index in [1.807, 2.05) is 25.1 Å². The number of carbonyl (C=O) groups is 1. The largest absolute Gasteiger partial charge is 0.324 e. The van der Waals surface area contributed by atoms with Crippen molar-refractivity contribution in [2.24, 2.45) is 0 Å². The van der Waals surface area contributed by atoms with Gasteiger partial charge in [0.2, 0.25) is 5.91 Å². The molecule has 18 heavy (non-hydrogen) atoms. The zero-order chi connectivity index (χ0) is 13.0. The smallest absolute Gasteiger partial charge is 0.244 e. The highest BCUT2D eigenvalue weighted by molar-refractivity contribution is 5.98. The summed E-state index contributed by atoms with van der Waals surface area (Å²) in [5, 5.41) is 6.37. The fourth-order valence-corrected chi connectivity index (χ4v) is 2.48. The van der Waals surface area contributed by atoms with Crippen molar-refractivity contribution in [2.75, 3.05) is 11.9 Å². The van der Waals surface area contributed by atoms with Gasteiger partial charge in [-0.05, 0) is 44.4 Å². The lowest BCUT2D eigenvalue weighted by molar-refractivity contribution is -0.121. The van der Waals surface area contributed by atoms with Crippen LogP contribution in [-0.2, 0) is 11.2 Å². The van der Waals surface area contributed by atoms with Crippen molar-refractivity contribution in [3.63, 3.8) is 0 Å². The van der Waals surface area contributed by atoms with Crippen molar-refractivity contribution in [3.05, 3.63) is 29.8 Å². The van der Waals surface area contributed by atoms with E-state index in [-0.39, 0.29) is 5.91 Å². The number of anilines is 1. The number of rotatable bonds is 4. The standard InChI is InChI=1S/C15H22N2O/c1-3-7-12-8-4-5-9-13(12)17-14(18)15(2)10-6-11-16-15/h4-5,8-9,16H,3,6-7,10-11H2,1-2H3,(H,17,18). The molecular formula is C15H22N2O. The molecule has 0 saturated carbocycles. The van der Waals surface area contributed by atoms with E-state index >= 15 is 0 Å². The quantitative estimate of drug-likeness (QED) is 0.857. The molecule has 1 aromatic rings. The summed E-state index contributed by atoms with van der Waals surface area (Å²) in [7, 11) is 0. The second-order valence-corrected chi connectivity index (χ2v) is 5.22. The van der Waals surface area contributed by atoms with E-state index in [9.17, 15) is 4.79 Å². The second kappa shape index (κ2) is 5.53. The summed E-state index contributed by atoms with van der Waals surface area (Å²) in [6.45, 7) is 5.07. The van der Waals surface area contributed by atoms with Gasteiger partial charge in [-0.1, -0.05) is 31.5 Å². The fourth-order valence-electron chi connectivity index (χ4n) is 2.48. The number of para-hydroxylation sites is 1. The molecule has 2 rings (SSSR count). The number of hydrogen-bond acceptors (Lipinski definition) is 2. The molecule has 1 fully saturated rings. The van der Waals surface area contributed by atoms with E-state index in [0.717, 1.165) is 37.9 Å². The highest BCUT2D eigenvalue weighted by Crippen LogP contribution is 2.23. The van der Waals surface area contributed by atoms with Crippen molar-refractivity contribution in [1.29, 1.82) is 0 Å². The van der Waals surface area contributed by atoms with Gasteiger partial charge in [-0.15, -0.1) is 0 Å². The van der Waals surface area contributed by atoms with Gasteiger partial charge in [0.25, 0.3) is 0 Å². The monoisotopic (exact) mass is 246 g/mol. The number of aryl methyl sites for hydroxylation is 1. The van der Waals surface area contributed by atoms with Crippen LogP contribution in [0.1, 0.15) is 38.7 Å². The molecule has 1 saturated heterocycles. The predicted molar refractivity (Wildman–Crippen MR) is 74.7 cm³/mol. The van der Waals surface area contributed by atoms with Gasteiger partial charge in [0.05, 0.1) is 5.54 Å². The van der Waals surface area contributed by atoms with Crippen molar-refractivity contribution >= 4 is 11.6 Å². The van der Waals surface area contributed by atoms with Crippen LogP contribution in [0.5, 0.6) is 0 Å². The SMILES string of the molecule is CCCc1ccccc1NC(=O)C1(C)CCCN1. The lowest BCUT2D eigenvalue weighted by Crippen LogP contribution is -2.48. The molecule has 1 unspecified atom stereocenters. The molecule has 0 bridgehead atoms. The number of hydrogen-bond donors (Lipinski definition) is 2. The van der Waals surface area contributed by atoms with Crippen molar-refractivity contribution < 1.29 is 4.79 Å². The van der Waals surface area contributed by atoms with Gasteiger partial charge in [0.1, 0.15) is 0 Å². The zero-order valence-electron chi connectivity index (χ0n) is 11.3.